The summed E-state index contributed by atoms with van der Waals surface area (Å²) in [5.41, 5.74) is -0.369. The summed E-state index contributed by atoms with van der Waals surface area (Å²) in [5, 5.41) is 17.3. The number of rotatable bonds is 9. The average molecular weight is 289 g/mol. The lowest BCUT2D eigenvalue weighted by molar-refractivity contribution is 0.388. The molecule has 1 fully saturated rings. The van der Waals surface area contributed by atoms with E-state index in [2.05, 4.69) is 35.3 Å². The average Bonchev–Trinajstić information content (AvgIpc) is 3.20. The minimum Gasteiger partial charge on any atom is -0.297 e. The molecule has 1 heterocycles. The first-order chi connectivity index (χ1) is 10.1. The third-order valence-electron chi connectivity index (χ3n) is 4.07. The van der Waals surface area contributed by atoms with E-state index in [1.54, 1.807) is 0 Å². The van der Waals surface area contributed by atoms with Crippen molar-refractivity contribution >= 4 is 0 Å². The van der Waals surface area contributed by atoms with Gasteiger partial charge in [-0.1, -0.05) is 13.8 Å². The summed E-state index contributed by atoms with van der Waals surface area (Å²) in [4.78, 5) is 4.53. The van der Waals surface area contributed by atoms with Crippen molar-refractivity contribution in [3.8, 4) is 6.07 Å². The van der Waals surface area contributed by atoms with Crippen molar-refractivity contribution in [3.63, 3.8) is 0 Å². The molecule has 0 amide bonds. The highest BCUT2D eigenvalue weighted by Gasteiger charge is 2.31. The zero-order chi connectivity index (χ0) is 15.3. The molecule has 1 aromatic heterocycles. The van der Waals surface area contributed by atoms with E-state index < -0.39 is 0 Å². The molecule has 0 saturated heterocycles. The van der Waals surface area contributed by atoms with Crippen LogP contribution in [-0.4, -0.2) is 26.3 Å². The molecule has 1 N–H and O–H groups in total. The van der Waals surface area contributed by atoms with Crippen LogP contribution in [0.5, 0.6) is 0 Å². The normalized spacial score (nSPS) is 17.4. The second-order valence-electron chi connectivity index (χ2n) is 6.19. The number of nitrogens with zero attached hydrogens (tertiary/aromatic N) is 4. The Kier molecular flexibility index (Phi) is 5.35. The van der Waals surface area contributed by atoms with Gasteiger partial charge in [0.25, 0.3) is 0 Å². The molecule has 116 valence electrons. The van der Waals surface area contributed by atoms with E-state index in [4.69, 9.17) is 0 Å². The van der Waals surface area contributed by atoms with Crippen molar-refractivity contribution in [3.05, 3.63) is 11.6 Å². The Labute approximate surface area is 127 Å². The molecule has 1 atom stereocenters. The second kappa shape index (κ2) is 7.04. The summed E-state index contributed by atoms with van der Waals surface area (Å²) in [7, 11) is 0. The summed E-state index contributed by atoms with van der Waals surface area (Å²) in [6.07, 6.45) is 7.23. The summed E-state index contributed by atoms with van der Waals surface area (Å²) in [6.45, 7) is 7.13. The maximum Gasteiger partial charge on any atom is 0.150 e. The summed E-state index contributed by atoms with van der Waals surface area (Å²) < 4.78 is 2.04. The van der Waals surface area contributed by atoms with Gasteiger partial charge in [0.05, 0.1) is 6.07 Å². The third-order valence-corrected chi connectivity index (χ3v) is 4.07. The number of nitriles is 1. The number of aryl methyl sites for hydroxylation is 3. The molecule has 0 bridgehead atoms. The van der Waals surface area contributed by atoms with Crippen LogP contribution in [0, 0.1) is 11.3 Å². The maximum atomic E-state index is 9.36. The lowest BCUT2D eigenvalue weighted by Gasteiger charge is -2.23. The Morgan fingerprint density at radius 1 is 1.33 bits per heavy atom. The molecule has 1 aliphatic rings. The molecular formula is C16H27N5. The van der Waals surface area contributed by atoms with Crippen molar-refractivity contribution in [1.82, 2.24) is 20.1 Å². The highest BCUT2D eigenvalue weighted by Crippen LogP contribution is 2.24. The van der Waals surface area contributed by atoms with E-state index in [9.17, 15) is 5.26 Å². The van der Waals surface area contributed by atoms with Gasteiger partial charge in [-0.3, -0.25) is 5.32 Å². The van der Waals surface area contributed by atoms with Crippen LogP contribution in [0.1, 0.15) is 64.5 Å². The Balaban J connectivity index is 1.78. The first-order valence-corrected chi connectivity index (χ1v) is 8.21. The fraction of sp³-hybridized carbons (Fsp3) is 0.812. The minimum absolute atomic E-state index is 0.369. The van der Waals surface area contributed by atoms with Gasteiger partial charge in [-0.05, 0) is 39.0 Å². The van der Waals surface area contributed by atoms with Crippen molar-refractivity contribution < 1.29 is 0 Å². The van der Waals surface area contributed by atoms with E-state index in [1.807, 2.05) is 11.6 Å². The molecule has 0 aromatic carbocycles. The summed E-state index contributed by atoms with van der Waals surface area (Å²) in [5.74, 6) is 2.01. The number of unbranched alkanes of at least 4 members (excludes halogenated alkanes) is 1. The van der Waals surface area contributed by atoms with E-state index in [1.165, 1.54) is 12.8 Å². The van der Waals surface area contributed by atoms with Crippen LogP contribution in [0.3, 0.4) is 0 Å². The van der Waals surface area contributed by atoms with Crippen molar-refractivity contribution in [2.75, 3.05) is 0 Å². The molecule has 1 saturated carbocycles. The zero-order valence-electron chi connectivity index (χ0n) is 13.5. The first-order valence-electron chi connectivity index (χ1n) is 8.21. The Morgan fingerprint density at radius 3 is 2.67 bits per heavy atom. The van der Waals surface area contributed by atoms with Crippen LogP contribution >= 0.6 is 0 Å². The lowest BCUT2D eigenvalue weighted by Crippen LogP contribution is -2.42. The predicted octanol–water partition coefficient (Wildman–Crippen LogP) is 2.61. The van der Waals surface area contributed by atoms with E-state index in [0.29, 0.717) is 6.04 Å². The largest absolute Gasteiger partial charge is 0.297 e. The molecule has 1 aromatic rings. The van der Waals surface area contributed by atoms with Crippen molar-refractivity contribution in [1.29, 1.82) is 5.26 Å². The molecule has 21 heavy (non-hydrogen) atoms. The van der Waals surface area contributed by atoms with Gasteiger partial charge in [0.1, 0.15) is 11.4 Å². The lowest BCUT2D eigenvalue weighted by atomic mass is 9.96. The Morgan fingerprint density at radius 2 is 2.10 bits per heavy atom. The smallest absolute Gasteiger partial charge is 0.150 e. The van der Waals surface area contributed by atoms with Crippen LogP contribution in [-0.2, 0) is 19.4 Å². The molecule has 5 nitrogen and oxygen atoms in total. The predicted molar refractivity (Wildman–Crippen MR) is 82.8 cm³/mol. The fourth-order valence-electron chi connectivity index (χ4n) is 2.60. The van der Waals surface area contributed by atoms with Crippen molar-refractivity contribution in [2.45, 2.75) is 83.8 Å². The standard InChI is InChI=1S/C16H27N5/c1-4-14-18-15(5-2)21(20-14)11-7-6-10-16(3,12-17)19-13-8-9-13/h13,19H,4-11H2,1-3H3. The van der Waals surface area contributed by atoms with Crippen LogP contribution in [0.2, 0.25) is 0 Å². The SMILES string of the molecule is CCc1nc(CC)n(CCCCC(C)(C#N)NC2CC2)n1. The molecule has 1 aliphatic carbocycles. The monoisotopic (exact) mass is 289 g/mol. The topological polar surface area (TPSA) is 66.5 Å². The number of hydrogen-bond donors (Lipinski definition) is 1. The van der Waals surface area contributed by atoms with Gasteiger partial charge in [-0.2, -0.15) is 10.4 Å². The van der Waals surface area contributed by atoms with Gasteiger partial charge in [0, 0.05) is 25.4 Å². The number of aromatic nitrogens is 3. The third kappa shape index (κ3) is 4.53. The molecule has 1 unspecified atom stereocenters. The Bertz CT molecular complexity index is 497. The van der Waals surface area contributed by atoms with Gasteiger partial charge in [0.2, 0.25) is 0 Å². The zero-order valence-corrected chi connectivity index (χ0v) is 13.5. The molecule has 5 heteroatoms. The fourth-order valence-corrected chi connectivity index (χ4v) is 2.60. The van der Waals surface area contributed by atoms with Gasteiger partial charge in [0.15, 0.2) is 5.82 Å². The van der Waals surface area contributed by atoms with Gasteiger partial charge in [-0.15, -0.1) is 0 Å². The van der Waals surface area contributed by atoms with E-state index >= 15 is 0 Å². The molecule has 0 radical (unpaired) electrons. The highest BCUT2D eigenvalue weighted by atomic mass is 15.3. The summed E-state index contributed by atoms with van der Waals surface area (Å²) in [6, 6.07) is 3.01. The molecule has 2 rings (SSSR count). The van der Waals surface area contributed by atoms with Crippen LogP contribution in [0.15, 0.2) is 0 Å². The Hall–Kier alpha value is -1.41. The second-order valence-corrected chi connectivity index (χ2v) is 6.19. The number of nitrogens with one attached hydrogen (secondary N) is 1. The van der Waals surface area contributed by atoms with Gasteiger partial charge >= 0.3 is 0 Å². The number of hydrogen-bond acceptors (Lipinski definition) is 4. The molecule has 0 aliphatic heterocycles. The van der Waals surface area contributed by atoms with Crippen molar-refractivity contribution in [2.24, 2.45) is 0 Å². The van der Waals surface area contributed by atoms with E-state index in [-0.39, 0.29) is 5.54 Å². The van der Waals surface area contributed by atoms with Crippen LogP contribution in [0.25, 0.3) is 0 Å². The van der Waals surface area contributed by atoms with E-state index in [0.717, 1.165) is 50.3 Å². The molecule has 0 spiro atoms. The maximum absolute atomic E-state index is 9.36. The van der Waals surface area contributed by atoms with Crippen LogP contribution < -0.4 is 5.32 Å². The quantitative estimate of drug-likeness (QED) is 0.710. The molecular weight excluding hydrogens is 262 g/mol. The summed E-state index contributed by atoms with van der Waals surface area (Å²) >= 11 is 0. The van der Waals surface area contributed by atoms with Gasteiger partial charge in [-0.25, -0.2) is 9.67 Å². The minimum atomic E-state index is -0.369. The van der Waals surface area contributed by atoms with Gasteiger partial charge < -0.3 is 0 Å². The van der Waals surface area contributed by atoms with Crippen LogP contribution in [0.4, 0.5) is 0 Å². The first kappa shape index (κ1) is 16.0. The highest BCUT2D eigenvalue weighted by molar-refractivity contribution is 5.06.